The summed E-state index contributed by atoms with van der Waals surface area (Å²) < 4.78 is 1.85. The highest BCUT2D eigenvalue weighted by Crippen LogP contribution is 2.33. The second-order valence-electron chi connectivity index (χ2n) is 9.10. The Morgan fingerprint density at radius 1 is 1.06 bits per heavy atom. The second-order valence-corrected chi connectivity index (χ2v) is 10.6. The van der Waals surface area contributed by atoms with Gasteiger partial charge in [0.05, 0.1) is 22.8 Å². The first-order valence-electron chi connectivity index (χ1n) is 11.5. The fourth-order valence-electron chi connectivity index (χ4n) is 4.03. The Morgan fingerprint density at radius 3 is 2.32 bits per heavy atom. The van der Waals surface area contributed by atoms with Crippen LogP contribution in [0.4, 0.5) is 11.4 Å². The third-order valence-electron chi connectivity index (χ3n) is 5.98. The molecular weight excluding hydrogens is 446 g/mol. The zero-order chi connectivity index (χ0) is 24.0. The number of fused-ring (bicyclic) bond motifs is 1. The summed E-state index contributed by atoms with van der Waals surface area (Å²) in [6, 6.07) is 11.3. The van der Waals surface area contributed by atoms with Gasteiger partial charge in [-0.15, -0.1) is 11.3 Å². The van der Waals surface area contributed by atoms with Crippen molar-refractivity contribution in [3.63, 3.8) is 0 Å². The van der Waals surface area contributed by atoms with E-state index < -0.39 is 0 Å². The van der Waals surface area contributed by atoms with Gasteiger partial charge < -0.3 is 10.6 Å². The number of pyridine rings is 1. The molecule has 0 spiro atoms. The van der Waals surface area contributed by atoms with Crippen LogP contribution in [0.2, 0.25) is 0 Å². The van der Waals surface area contributed by atoms with E-state index in [2.05, 4.69) is 35.6 Å². The lowest BCUT2D eigenvalue weighted by molar-refractivity contribution is -0.117. The van der Waals surface area contributed by atoms with E-state index in [1.54, 1.807) is 41.8 Å². The van der Waals surface area contributed by atoms with Crippen LogP contribution in [0.3, 0.4) is 0 Å². The molecule has 1 fully saturated rings. The molecule has 1 aliphatic carbocycles. The van der Waals surface area contributed by atoms with Crippen LogP contribution in [-0.2, 0) is 4.79 Å². The van der Waals surface area contributed by atoms with Crippen molar-refractivity contribution in [2.75, 3.05) is 10.6 Å². The molecule has 3 aromatic heterocycles. The quantitative estimate of drug-likeness (QED) is 0.362. The van der Waals surface area contributed by atoms with E-state index in [4.69, 9.17) is 4.98 Å². The first-order valence-corrected chi connectivity index (χ1v) is 12.3. The van der Waals surface area contributed by atoms with Crippen molar-refractivity contribution in [3.8, 4) is 11.3 Å². The van der Waals surface area contributed by atoms with Crippen LogP contribution >= 0.6 is 11.3 Å². The number of thiophene rings is 1. The summed E-state index contributed by atoms with van der Waals surface area (Å²) in [5.41, 5.74) is 4.40. The van der Waals surface area contributed by atoms with Crippen LogP contribution in [0.25, 0.3) is 22.3 Å². The number of aryl methyl sites for hydroxylation is 2. The summed E-state index contributed by atoms with van der Waals surface area (Å²) in [6.07, 6.45) is 3.63. The summed E-state index contributed by atoms with van der Waals surface area (Å²) in [6.45, 7) is 8.23. The number of nitrogens with zero attached hydrogens (tertiary/aromatic N) is 3. The van der Waals surface area contributed by atoms with Gasteiger partial charge in [-0.2, -0.15) is 5.10 Å². The molecule has 0 unspecified atom stereocenters. The van der Waals surface area contributed by atoms with Gasteiger partial charge in [0.2, 0.25) is 5.91 Å². The van der Waals surface area contributed by atoms with Crippen LogP contribution in [0.15, 0.2) is 42.6 Å². The summed E-state index contributed by atoms with van der Waals surface area (Å²) in [5, 5.41) is 11.1. The number of benzene rings is 1. The lowest BCUT2D eigenvalue weighted by Gasteiger charge is -2.11. The first kappa shape index (κ1) is 22.3. The Bertz CT molecular complexity index is 1400. The molecule has 2 amide bonds. The SMILES string of the molecule is Cc1cc(-c2cc(C(=O)Nc3ccc(NC(=O)C4CC4)cc3)c3cnn(C(C)C)c3n2)c(C)s1. The van der Waals surface area contributed by atoms with Crippen molar-refractivity contribution < 1.29 is 9.59 Å². The van der Waals surface area contributed by atoms with Crippen LogP contribution in [0, 0.1) is 19.8 Å². The van der Waals surface area contributed by atoms with Crippen molar-refractivity contribution in [1.29, 1.82) is 0 Å². The van der Waals surface area contributed by atoms with Crippen molar-refractivity contribution >= 4 is 45.6 Å². The van der Waals surface area contributed by atoms with E-state index in [0.29, 0.717) is 22.3 Å². The highest BCUT2D eigenvalue weighted by molar-refractivity contribution is 7.12. The summed E-state index contributed by atoms with van der Waals surface area (Å²) >= 11 is 1.72. The van der Waals surface area contributed by atoms with Crippen molar-refractivity contribution in [1.82, 2.24) is 14.8 Å². The largest absolute Gasteiger partial charge is 0.326 e. The van der Waals surface area contributed by atoms with Gasteiger partial charge in [-0.05, 0) is 76.9 Å². The number of carbonyl (C=O) groups is 2. The molecule has 1 aromatic carbocycles. The van der Waals surface area contributed by atoms with Crippen molar-refractivity contribution in [2.45, 2.75) is 46.6 Å². The predicted molar refractivity (Wildman–Crippen MR) is 136 cm³/mol. The average molecular weight is 474 g/mol. The van der Waals surface area contributed by atoms with E-state index >= 15 is 0 Å². The van der Waals surface area contributed by atoms with E-state index in [1.807, 2.05) is 24.6 Å². The summed E-state index contributed by atoms with van der Waals surface area (Å²) in [7, 11) is 0. The number of nitrogens with one attached hydrogen (secondary N) is 2. The Balaban J connectivity index is 1.47. The number of anilines is 2. The van der Waals surface area contributed by atoms with Crippen molar-refractivity contribution in [2.24, 2.45) is 5.92 Å². The Hall–Kier alpha value is -3.52. The van der Waals surface area contributed by atoms with Crippen LogP contribution in [-0.4, -0.2) is 26.6 Å². The average Bonchev–Trinajstić information content (AvgIpc) is 3.48. The van der Waals surface area contributed by atoms with Gasteiger partial charge in [-0.25, -0.2) is 9.67 Å². The molecule has 0 aliphatic heterocycles. The second kappa shape index (κ2) is 8.68. The maximum atomic E-state index is 13.4. The topological polar surface area (TPSA) is 88.9 Å². The zero-order valence-corrected chi connectivity index (χ0v) is 20.5. The normalized spacial score (nSPS) is 13.4. The number of carbonyl (C=O) groups excluding carboxylic acids is 2. The molecule has 4 aromatic rings. The molecule has 0 saturated heterocycles. The minimum absolute atomic E-state index is 0.0598. The Morgan fingerprint density at radius 2 is 1.74 bits per heavy atom. The molecule has 7 nitrogen and oxygen atoms in total. The first-order chi connectivity index (χ1) is 16.3. The van der Waals surface area contributed by atoms with E-state index in [9.17, 15) is 9.59 Å². The number of hydrogen-bond donors (Lipinski definition) is 2. The van der Waals surface area contributed by atoms with Crippen molar-refractivity contribution in [3.05, 3.63) is 57.9 Å². The highest BCUT2D eigenvalue weighted by atomic mass is 32.1. The number of amides is 2. The molecule has 3 heterocycles. The zero-order valence-electron chi connectivity index (χ0n) is 19.7. The van der Waals surface area contributed by atoms with Gasteiger partial charge in [-0.1, -0.05) is 0 Å². The van der Waals surface area contributed by atoms with Gasteiger partial charge in [0.15, 0.2) is 5.65 Å². The predicted octanol–water partition coefficient (Wildman–Crippen LogP) is 5.96. The summed E-state index contributed by atoms with van der Waals surface area (Å²) in [4.78, 5) is 32.6. The molecule has 1 saturated carbocycles. The van der Waals surface area contributed by atoms with Gasteiger partial charge in [-0.3, -0.25) is 9.59 Å². The molecule has 2 N–H and O–H groups in total. The van der Waals surface area contributed by atoms with Gasteiger partial charge >= 0.3 is 0 Å². The fraction of sp³-hybridized carbons (Fsp3) is 0.308. The number of hydrogen-bond acceptors (Lipinski definition) is 5. The Labute approximate surface area is 202 Å². The molecule has 34 heavy (non-hydrogen) atoms. The van der Waals surface area contributed by atoms with E-state index in [0.717, 1.165) is 34.7 Å². The van der Waals surface area contributed by atoms with E-state index in [1.165, 1.54) is 4.88 Å². The maximum absolute atomic E-state index is 13.4. The third kappa shape index (κ3) is 4.33. The van der Waals surface area contributed by atoms with Gasteiger partial charge in [0.1, 0.15) is 0 Å². The lowest BCUT2D eigenvalue weighted by atomic mass is 10.1. The maximum Gasteiger partial charge on any atom is 0.256 e. The van der Waals surface area contributed by atoms with Crippen LogP contribution in [0.1, 0.15) is 52.8 Å². The molecule has 0 bridgehead atoms. The highest BCUT2D eigenvalue weighted by Gasteiger charge is 2.29. The monoisotopic (exact) mass is 473 g/mol. The third-order valence-corrected chi connectivity index (χ3v) is 6.94. The Kier molecular flexibility index (Phi) is 5.69. The molecular formula is C26H27N5O2S. The molecule has 1 aliphatic rings. The van der Waals surface area contributed by atoms with Gasteiger partial charge in [0.25, 0.3) is 5.91 Å². The number of aromatic nitrogens is 3. The minimum atomic E-state index is -0.226. The van der Waals surface area contributed by atoms with Crippen LogP contribution < -0.4 is 10.6 Å². The fourth-order valence-corrected chi connectivity index (χ4v) is 4.97. The van der Waals surface area contributed by atoms with E-state index in [-0.39, 0.29) is 23.8 Å². The molecule has 5 rings (SSSR count). The minimum Gasteiger partial charge on any atom is -0.326 e. The summed E-state index contributed by atoms with van der Waals surface area (Å²) in [5.74, 6) is -0.0222. The smallest absolute Gasteiger partial charge is 0.256 e. The molecule has 174 valence electrons. The molecule has 0 atom stereocenters. The number of rotatable bonds is 6. The molecule has 0 radical (unpaired) electrons. The molecule has 8 heteroatoms. The lowest BCUT2D eigenvalue weighted by Crippen LogP contribution is -2.14. The van der Waals surface area contributed by atoms with Crippen LogP contribution in [0.5, 0.6) is 0 Å². The standard InChI is InChI=1S/C26H27N5O2S/c1-14(2)31-24-22(13-27-31)21(12-23(30-24)20-11-15(3)34-16(20)4)26(33)29-19-9-7-18(8-10-19)28-25(32)17-5-6-17/h7-14,17H,5-6H2,1-4H3,(H,28,32)(H,29,33). The van der Waals surface area contributed by atoms with Gasteiger partial charge in [0, 0.05) is 38.7 Å².